The van der Waals surface area contributed by atoms with Crippen LogP contribution in [-0.4, -0.2) is 5.78 Å². The highest BCUT2D eigenvalue weighted by molar-refractivity contribution is 5.88. The van der Waals surface area contributed by atoms with Crippen LogP contribution in [0.15, 0.2) is 12.2 Å². The Labute approximate surface area is 92.9 Å². The van der Waals surface area contributed by atoms with Crippen LogP contribution < -0.4 is 0 Å². The third-order valence-electron chi connectivity index (χ3n) is 4.07. The van der Waals surface area contributed by atoms with Gasteiger partial charge in [-0.2, -0.15) is 0 Å². The fourth-order valence-electron chi connectivity index (χ4n) is 2.85. The van der Waals surface area contributed by atoms with Crippen LogP contribution in [0.4, 0.5) is 0 Å². The molecule has 0 amide bonds. The van der Waals surface area contributed by atoms with Crippen molar-refractivity contribution in [1.82, 2.24) is 0 Å². The zero-order valence-electron chi connectivity index (χ0n) is 9.80. The Balaban J connectivity index is 1.96. The number of unbranched alkanes of at least 4 members (excludes halogenated alkanes) is 1. The molecule has 0 aromatic heterocycles. The average Bonchev–Trinajstić information content (AvgIpc) is 3.08. The Kier molecular flexibility index (Phi) is 3.28. The Morgan fingerprint density at radius 1 is 1.47 bits per heavy atom. The molecule has 1 atom stereocenters. The van der Waals surface area contributed by atoms with Crippen LogP contribution in [0.1, 0.15) is 58.3 Å². The molecule has 84 valence electrons. The van der Waals surface area contributed by atoms with Crippen LogP contribution >= 0.6 is 0 Å². The molecule has 2 rings (SSSR count). The molecule has 15 heavy (non-hydrogen) atoms. The maximum Gasteiger partial charge on any atom is 0.139 e. The van der Waals surface area contributed by atoms with Gasteiger partial charge in [-0.25, -0.2) is 0 Å². The van der Waals surface area contributed by atoms with Crippen molar-refractivity contribution < 1.29 is 4.79 Å². The van der Waals surface area contributed by atoms with Crippen molar-refractivity contribution in [2.24, 2.45) is 11.3 Å². The molecule has 0 radical (unpaired) electrons. The van der Waals surface area contributed by atoms with E-state index in [9.17, 15) is 4.79 Å². The molecular formula is C14H22O. The van der Waals surface area contributed by atoms with E-state index in [4.69, 9.17) is 0 Å². The quantitative estimate of drug-likeness (QED) is 0.624. The molecule has 1 unspecified atom stereocenters. The van der Waals surface area contributed by atoms with Gasteiger partial charge in [0, 0.05) is 11.8 Å². The molecule has 1 saturated carbocycles. The van der Waals surface area contributed by atoms with E-state index >= 15 is 0 Å². The van der Waals surface area contributed by atoms with Crippen LogP contribution in [0.5, 0.6) is 0 Å². The van der Waals surface area contributed by atoms with Crippen LogP contribution in [0.25, 0.3) is 0 Å². The van der Waals surface area contributed by atoms with Gasteiger partial charge in [0.25, 0.3) is 0 Å². The minimum Gasteiger partial charge on any atom is -0.299 e. The number of carbonyl (C=O) groups excluding carboxylic acids is 1. The summed E-state index contributed by atoms with van der Waals surface area (Å²) in [5.41, 5.74) is 0.103. The molecule has 0 spiro atoms. The van der Waals surface area contributed by atoms with Crippen molar-refractivity contribution in [2.75, 3.05) is 0 Å². The normalized spacial score (nSPS) is 27.7. The number of hydrogen-bond acceptors (Lipinski definition) is 1. The van der Waals surface area contributed by atoms with Gasteiger partial charge in [-0.3, -0.25) is 4.79 Å². The van der Waals surface area contributed by atoms with Crippen molar-refractivity contribution in [1.29, 1.82) is 0 Å². The van der Waals surface area contributed by atoms with E-state index in [-0.39, 0.29) is 5.41 Å². The highest BCUT2D eigenvalue weighted by Crippen LogP contribution is 2.56. The summed E-state index contributed by atoms with van der Waals surface area (Å²) in [4.78, 5) is 12.2. The van der Waals surface area contributed by atoms with Crippen molar-refractivity contribution >= 4 is 5.78 Å². The second kappa shape index (κ2) is 4.51. The van der Waals surface area contributed by atoms with Gasteiger partial charge in [0.05, 0.1) is 0 Å². The lowest BCUT2D eigenvalue weighted by Crippen LogP contribution is -2.25. The number of ketones is 1. The Bertz CT molecular complexity index is 261. The SMILES string of the molecule is CCCCC(=O)C1(C2C=CCCC2)CC1. The first-order valence-electron chi connectivity index (χ1n) is 6.49. The molecule has 0 aromatic rings. The molecule has 1 nitrogen and oxygen atoms in total. The lowest BCUT2D eigenvalue weighted by Gasteiger charge is -2.25. The largest absolute Gasteiger partial charge is 0.299 e. The zero-order valence-corrected chi connectivity index (χ0v) is 9.80. The van der Waals surface area contributed by atoms with Gasteiger partial charge in [-0.05, 0) is 44.4 Å². The van der Waals surface area contributed by atoms with Gasteiger partial charge in [-0.15, -0.1) is 0 Å². The summed E-state index contributed by atoms with van der Waals surface area (Å²) >= 11 is 0. The molecule has 1 heteroatoms. The maximum absolute atomic E-state index is 12.2. The number of allylic oxidation sites excluding steroid dienone is 2. The Morgan fingerprint density at radius 3 is 2.80 bits per heavy atom. The van der Waals surface area contributed by atoms with E-state index in [2.05, 4.69) is 19.1 Å². The van der Waals surface area contributed by atoms with Gasteiger partial charge < -0.3 is 0 Å². The van der Waals surface area contributed by atoms with E-state index in [1.807, 2.05) is 0 Å². The van der Waals surface area contributed by atoms with E-state index in [1.165, 1.54) is 19.3 Å². The monoisotopic (exact) mass is 206 g/mol. The maximum atomic E-state index is 12.2. The summed E-state index contributed by atoms with van der Waals surface area (Å²) in [6, 6.07) is 0. The number of rotatable bonds is 5. The Hall–Kier alpha value is -0.590. The summed E-state index contributed by atoms with van der Waals surface area (Å²) in [6.07, 6.45) is 13.7. The van der Waals surface area contributed by atoms with Crippen molar-refractivity contribution in [3.8, 4) is 0 Å². The number of hydrogen-bond donors (Lipinski definition) is 0. The van der Waals surface area contributed by atoms with Gasteiger partial charge >= 0.3 is 0 Å². The summed E-state index contributed by atoms with van der Waals surface area (Å²) < 4.78 is 0. The molecule has 0 heterocycles. The highest BCUT2D eigenvalue weighted by Gasteiger charge is 2.53. The van der Waals surface area contributed by atoms with E-state index in [0.29, 0.717) is 11.7 Å². The van der Waals surface area contributed by atoms with Crippen molar-refractivity contribution in [3.05, 3.63) is 12.2 Å². The third kappa shape index (κ3) is 2.16. The summed E-state index contributed by atoms with van der Waals surface area (Å²) in [7, 11) is 0. The molecule has 0 aliphatic heterocycles. The summed E-state index contributed by atoms with van der Waals surface area (Å²) in [6.45, 7) is 2.16. The lowest BCUT2D eigenvalue weighted by molar-refractivity contribution is -0.125. The van der Waals surface area contributed by atoms with Crippen molar-refractivity contribution in [3.63, 3.8) is 0 Å². The van der Waals surface area contributed by atoms with Crippen LogP contribution in [0.2, 0.25) is 0 Å². The molecule has 1 fully saturated rings. The second-order valence-electron chi connectivity index (χ2n) is 5.15. The first-order chi connectivity index (χ1) is 7.29. The van der Waals surface area contributed by atoms with Gasteiger partial charge in [0.1, 0.15) is 5.78 Å². The number of Topliss-reactive ketones (excluding diaryl/α,β-unsaturated/α-hetero) is 1. The zero-order chi connectivity index (χ0) is 10.7. The first-order valence-corrected chi connectivity index (χ1v) is 6.49. The molecular weight excluding hydrogens is 184 g/mol. The van der Waals surface area contributed by atoms with Gasteiger partial charge in [0.15, 0.2) is 0 Å². The van der Waals surface area contributed by atoms with Crippen LogP contribution in [-0.2, 0) is 4.79 Å². The predicted molar refractivity (Wildman–Crippen MR) is 62.7 cm³/mol. The van der Waals surface area contributed by atoms with Crippen LogP contribution in [0.3, 0.4) is 0 Å². The molecule has 0 N–H and O–H groups in total. The predicted octanol–water partition coefficient (Wildman–Crippen LogP) is 3.88. The van der Waals surface area contributed by atoms with E-state index in [1.54, 1.807) is 0 Å². The van der Waals surface area contributed by atoms with E-state index in [0.717, 1.165) is 32.1 Å². The van der Waals surface area contributed by atoms with Gasteiger partial charge in [0.2, 0.25) is 0 Å². The topological polar surface area (TPSA) is 17.1 Å². The first kappa shape index (κ1) is 10.9. The number of carbonyl (C=O) groups is 1. The fraction of sp³-hybridized carbons (Fsp3) is 0.786. The fourth-order valence-corrected chi connectivity index (χ4v) is 2.85. The third-order valence-corrected chi connectivity index (χ3v) is 4.07. The second-order valence-corrected chi connectivity index (χ2v) is 5.15. The van der Waals surface area contributed by atoms with Crippen molar-refractivity contribution in [2.45, 2.75) is 58.3 Å². The summed E-state index contributed by atoms with van der Waals surface area (Å²) in [5, 5.41) is 0. The average molecular weight is 206 g/mol. The lowest BCUT2D eigenvalue weighted by atomic mass is 9.78. The van der Waals surface area contributed by atoms with Crippen LogP contribution in [0, 0.1) is 11.3 Å². The molecule has 2 aliphatic rings. The van der Waals surface area contributed by atoms with E-state index < -0.39 is 0 Å². The molecule has 0 bridgehead atoms. The highest BCUT2D eigenvalue weighted by atomic mass is 16.1. The minimum absolute atomic E-state index is 0.103. The minimum atomic E-state index is 0.103. The molecule has 2 aliphatic carbocycles. The molecule has 0 aromatic carbocycles. The smallest absolute Gasteiger partial charge is 0.139 e. The standard InChI is InChI=1S/C14H22O/c1-2-3-9-13(15)14(10-11-14)12-7-5-4-6-8-12/h5,7,12H,2-4,6,8-11H2,1H3. The van der Waals surface area contributed by atoms with Gasteiger partial charge in [-0.1, -0.05) is 25.5 Å². The Morgan fingerprint density at radius 2 is 2.27 bits per heavy atom. The summed E-state index contributed by atoms with van der Waals surface area (Å²) in [5.74, 6) is 1.14. The molecule has 0 saturated heterocycles.